The Morgan fingerprint density at radius 2 is 1.68 bits per heavy atom. The lowest BCUT2D eigenvalue weighted by Gasteiger charge is -2.04. The number of carbonyl (C=O) groups excluding carboxylic acids is 1. The van der Waals surface area contributed by atoms with Crippen LogP contribution in [-0.2, 0) is 20.6 Å². The topological polar surface area (TPSA) is 89.3 Å². The van der Waals surface area contributed by atoms with Gasteiger partial charge in [0.1, 0.15) is 0 Å². The number of anilines is 1. The van der Waals surface area contributed by atoms with Crippen LogP contribution in [0, 0.1) is 0 Å². The fraction of sp³-hybridized carbons (Fsp3) is 0.0625. The average molecular weight is 316 g/mol. The van der Waals surface area contributed by atoms with Gasteiger partial charge in [0.2, 0.25) is 15.9 Å². The van der Waals surface area contributed by atoms with Gasteiger partial charge in [0.05, 0.1) is 5.75 Å². The van der Waals surface area contributed by atoms with E-state index in [2.05, 4.69) is 5.32 Å². The molecule has 2 rings (SSSR count). The number of carbonyl (C=O) groups is 1. The zero-order valence-corrected chi connectivity index (χ0v) is 12.6. The van der Waals surface area contributed by atoms with Gasteiger partial charge >= 0.3 is 0 Å². The molecule has 0 fully saturated rings. The summed E-state index contributed by atoms with van der Waals surface area (Å²) in [4.78, 5) is 11.8. The summed E-state index contributed by atoms with van der Waals surface area (Å²) in [6.45, 7) is 0. The van der Waals surface area contributed by atoms with Gasteiger partial charge in [-0.1, -0.05) is 42.5 Å². The van der Waals surface area contributed by atoms with E-state index in [9.17, 15) is 13.2 Å². The molecule has 0 heterocycles. The standard InChI is InChI=1S/C16H16N2O3S/c17-22(20,21)12-14-6-9-15(10-7-14)18-16(19)11-8-13-4-2-1-3-5-13/h1-11H,12H2,(H,18,19)(H2,17,20,21)/b11-8+. The van der Waals surface area contributed by atoms with Crippen molar-refractivity contribution in [1.29, 1.82) is 0 Å². The molecule has 0 aliphatic rings. The summed E-state index contributed by atoms with van der Waals surface area (Å²) >= 11 is 0. The molecule has 0 aromatic heterocycles. The highest BCUT2D eigenvalue weighted by Gasteiger charge is 2.05. The lowest BCUT2D eigenvalue weighted by molar-refractivity contribution is -0.111. The van der Waals surface area contributed by atoms with Crippen LogP contribution >= 0.6 is 0 Å². The first kappa shape index (κ1) is 15.9. The van der Waals surface area contributed by atoms with Gasteiger partial charge in [0.15, 0.2) is 0 Å². The first-order valence-corrected chi connectivity index (χ1v) is 8.27. The summed E-state index contributed by atoms with van der Waals surface area (Å²) in [5, 5.41) is 7.67. The van der Waals surface area contributed by atoms with Crippen molar-refractivity contribution in [2.45, 2.75) is 5.75 Å². The van der Waals surface area contributed by atoms with Gasteiger partial charge in [0.25, 0.3) is 0 Å². The van der Waals surface area contributed by atoms with Crippen LogP contribution in [0.5, 0.6) is 0 Å². The van der Waals surface area contributed by atoms with Gasteiger partial charge in [-0.2, -0.15) is 0 Å². The molecule has 0 bridgehead atoms. The third-order valence-electron chi connectivity index (χ3n) is 2.82. The van der Waals surface area contributed by atoms with Crippen LogP contribution < -0.4 is 10.5 Å². The van der Waals surface area contributed by atoms with Crippen LogP contribution in [0.1, 0.15) is 11.1 Å². The van der Waals surface area contributed by atoms with E-state index < -0.39 is 10.0 Å². The molecular formula is C16H16N2O3S. The number of hydrogen-bond acceptors (Lipinski definition) is 3. The van der Waals surface area contributed by atoms with Crippen LogP contribution in [-0.4, -0.2) is 14.3 Å². The molecule has 0 saturated heterocycles. The predicted molar refractivity (Wildman–Crippen MR) is 87.4 cm³/mol. The minimum Gasteiger partial charge on any atom is -0.323 e. The van der Waals surface area contributed by atoms with Crippen LogP contribution in [0.15, 0.2) is 60.7 Å². The minimum atomic E-state index is -3.55. The van der Waals surface area contributed by atoms with Crippen molar-refractivity contribution in [3.05, 3.63) is 71.8 Å². The maximum Gasteiger partial charge on any atom is 0.248 e. The normalized spacial score (nSPS) is 11.5. The second-order valence-corrected chi connectivity index (χ2v) is 6.35. The Morgan fingerprint density at radius 3 is 2.27 bits per heavy atom. The molecule has 0 saturated carbocycles. The lowest BCUT2D eigenvalue weighted by atomic mass is 10.2. The third kappa shape index (κ3) is 5.51. The summed E-state index contributed by atoms with van der Waals surface area (Å²) in [6, 6.07) is 16.0. The second-order valence-electron chi connectivity index (χ2n) is 4.74. The van der Waals surface area contributed by atoms with Gasteiger partial charge < -0.3 is 5.32 Å². The fourth-order valence-corrected chi connectivity index (χ4v) is 2.49. The van der Waals surface area contributed by atoms with Crippen molar-refractivity contribution in [3.63, 3.8) is 0 Å². The lowest BCUT2D eigenvalue weighted by Crippen LogP contribution is -2.14. The van der Waals surface area contributed by atoms with Crippen LogP contribution in [0.3, 0.4) is 0 Å². The van der Waals surface area contributed by atoms with Crippen molar-refractivity contribution >= 4 is 27.7 Å². The number of sulfonamides is 1. The summed E-state index contributed by atoms with van der Waals surface area (Å²) in [7, 11) is -3.55. The molecule has 0 radical (unpaired) electrons. The number of primary sulfonamides is 1. The highest BCUT2D eigenvalue weighted by Crippen LogP contribution is 2.11. The first-order chi connectivity index (χ1) is 10.4. The Morgan fingerprint density at radius 1 is 1.05 bits per heavy atom. The quantitative estimate of drug-likeness (QED) is 0.828. The fourth-order valence-electron chi connectivity index (χ4n) is 1.84. The Kier molecular flexibility index (Phi) is 5.08. The monoisotopic (exact) mass is 316 g/mol. The zero-order valence-electron chi connectivity index (χ0n) is 11.8. The van der Waals surface area contributed by atoms with E-state index in [4.69, 9.17) is 5.14 Å². The number of nitrogens with one attached hydrogen (secondary N) is 1. The molecule has 1 amide bonds. The Bertz CT molecular complexity index is 767. The summed E-state index contributed by atoms with van der Waals surface area (Å²) in [5.74, 6) is -0.488. The summed E-state index contributed by atoms with van der Waals surface area (Å²) in [6.07, 6.45) is 3.15. The Hall–Kier alpha value is -2.44. The van der Waals surface area contributed by atoms with E-state index in [0.29, 0.717) is 11.3 Å². The molecule has 0 spiro atoms. The molecule has 0 atom stereocenters. The molecule has 2 aromatic carbocycles. The second kappa shape index (κ2) is 7.02. The number of benzene rings is 2. The minimum absolute atomic E-state index is 0.227. The smallest absolute Gasteiger partial charge is 0.248 e. The Labute approximate surface area is 129 Å². The summed E-state index contributed by atoms with van der Waals surface area (Å²) in [5.41, 5.74) is 2.09. The van der Waals surface area contributed by atoms with Gasteiger partial charge in [0, 0.05) is 11.8 Å². The molecule has 0 aliphatic heterocycles. The molecular weight excluding hydrogens is 300 g/mol. The van der Waals surface area contributed by atoms with Crippen molar-refractivity contribution in [2.75, 3.05) is 5.32 Å². The molecule has 3 N–H and O–H groups in total. The van der Waals surface area contributed by atoms with Crippen LogP contribution in [0.2, 0.25) is 0 Å². The molecule has 0 unspecified atom stereocenters. The van der Waals surface area contributed by atoms with Gasteiger partial charge in [-0.15, -0.1) is 0 Å². The third-order valence-corrected chi connectivity index (χ3v) is 3.55. The van der Waals surface area contributed by atoms with Gasteiger partial charge in [-0.3, -0.25) is 4.79 Å². The number of nitrogens with two attached hydrogens (primary N) is 1. The highest BCUT2D eigenvalue weighted by atomic mass is 32.2. The SMILES string of the molecule is NS(=O)(=O)Cc1ccc(NC(=O)/C=C/c2ccccc2)cc1. The largest absolute Gasteiger partial charge is 0.323 e. The van der Waals surface area contributed by atoms with E-state index in [1.54, 1.807) is 30.3 Å². The van der Waals surface area contributed by atoms with Gasteiger partial charge in [-0.25, -0.2) is 13.6 Å². The van der Waals surface area contributed by atoms with E-state index >= 15 is 0 Å². The molecule has 5 nitrogen and oxygen atoms in total. The summed E-state index contributed by atoms with van der Waals surface area (Å²) < 4.78 is 22.0. The highest BCUT2D eigenvalue weighted by molar-refractivity contribution is 7.88. The van der Waals surface area contributed by atoms with Crippen molar-refractivity contribution < 1.29 is 13.2 Å². The average Bonchev–Trinajstić information content (AvgIpc) is 2.47. The van der Waals surface area contributed by atoms with E-state index in [1.807, 2.05) is 30.3 Å². The Balaban J connectivity index is 1.96. The van der Waals surface area contributed by atoms with E-state index in [-0.39, 0.29) is 11.7 Å². The molecule has 2 aromatic rings. The van der Waals surface area contributed by atoms with Crippen molar-refractivity contribution in [2.24, 2.45) is 5.14 Å². The van der Waals surface area contributed by atoms with E-state index in [0.717, 1.165) is 5.56 Å². The molecule has 0 aliphatic carbocycles. The van der Waals surface area contributed by atoms with Crippen molar-refractivity contribution in [1.82, 2.24) is 0 Å². The maximum atomic E-state index is 11.8. The molecule has 114 valence electrons. The number of rotatable bonds is 5. The maximum absolute atomic E-state index is 11.8. The van der Waals surface area contributed by atoms with Gasteiger partial charge in [-0.05, 0) is 29.3 Å². The predicted octanol–water partition coefficient (Wildman–Crippen LogP) is 2.13. The number of amides is 1. The zero-order chi connectivity index (χ0) is 16.0. The first-order valence-electron chi connectivity index (χ1n) is 6.56. The van der Waals surface area contributed by atoms with Crippen LogP contribution in [0.4, 0.5) is 5.69 Å². The molecule has 22 heavy (non-hydrogen) atoms. The molecule has 6 heteroatoms. The van der Waals surface area contributed by atoms with Crippen LogP contribution in [0.25, 0.3) is 6.08 Å². The van der Waals surface area contributed by atoms with Crippen molar-refractivity contribution in [3.8, 4) is 0 Å². The van der Waals surface area contributed by atoms with E-state index in [1.165, 1.54) is 6.08 Å². The number of hydrogen-bond donors (Lipinski definition) is 2.